The van der Waals surface area contributed by atoms with Crippen molar-refractivity contribution in [3.63, 3.8) is 0 Å². The molecule has 0 fully saturated rings. The Morgan fingerprint density at radius 2 is 1.48 bits per heavy atom. The molecule has 11 nitrogen and oxygen atoms in total. The molecular formula is C31H48N2O9. The van der Waals surface area contributed by atoms with E-state index in [2.05, 4.69) is 17.2 Å². The topological polar surface area (TPSA) is 145 Å². The summed E-state index contributed by atoms with van der Waals surface area (Å²) in [7, 11) is 0. The number of nitrogens with two attached hydrogens (primary N) is 1. The van der Waals surface area contributed by atoms with E-state index in [1.165, 1.54) is 0 Å². The van der Waals surface area contributed by atoms with E-state index < -0.39 is 35.2 Å². The average Bonchev–Trinajstić information content (AvgIpc) is 2.86. The van der Waals surface area contributed by atoms with E-state index in [0.29, 0.717) is 32.8 Å². The molecule has 1 aromatic rings. The lowest BCUT2D eigenvalue weighted by atomic mass is 10.1. The van der Waals surface area contributed by atoms with Gasteiger partial charge in [0.05, 0.1) is 45.2 Å². The van der Waals surface area contributed by atoms with Gasteiger partial charge in [-0.05, 0) is 72.6 Å². The van der Waals surface area contributed by atoms with Gasteiger partial charge in [0.15, 0.2) is 0 Å². The fourth-order valence-electron chi connectivity index (χ4n) is 3.33. The van der Waals surface area contributed by atoms with Gasteiger partial charge in [0.1, 0.15) is 24.4 Å². The third kappa shape index (κ3) is 19.8. The Morgan fingerprint density at radius 1 is 0.881 bits per heavy atom. The first-order valence-corrected chi connectivity index (χ1v) is 14.1. The third-order valence-electron chi connectivity index (χ3n) is 5.23. The van der Waals surface area contributed by atoms with E-state index in [1.54, 1.807) is 41.5 Å². The Hall–Kier alpha value is -3.17. The molecule has 3 N–H and O–H groups in total. The van der Waals surface area contributed by atoms with Crippen molar-refractivity contribution in [3.05, 3.63) is 35.4 Å². The molecule has 42 heavy (non-hydrogen) atoms. The van der Waals surface area contributed by atoms with Gasteiger partial charge in [-0.25, -0.2) is 9.59 Å². The summed E-state index contributed by atoms with van der Waals surface area (Å²) in [4.78, 5) is 35.1. The predicted octanol–water partition coefficient (Wildman–Crippen LogP) is 3.49. The highest BCUT2D eigenvalue weighted by Crippen LogP contribution is 2.13. The SMILES string of the molecule is C[C@@H](OCc1ccc(C#CCOCCOCCOCC(=O)OC(C)(C)C)cc1)[C@H](CCC(N)=O)NC(=O)OC(C)(C)C. The number of alkyl carbamates (subject to hydrolysis) is 1. The number of carbonyl (C=O) groups is 3. The Morgan fingerprint density at radius 3 is 2.07 bits per heavy atom. The average molecular weight is 593 g/mol. The van der Waals surface area contributed by atoms with Crippen molar-refractivity contribution in [1.82, 2.24) is 5.32 Å². The summed E-state index contributed by atoms with van der Waals surface area (Å²) in [6.07, 6.45) is -0.510. The van der Waals surface area contributed by atoms with Crippen LogP contribution in [-0.4, -0.2) is 81.0 Å². The minimum Gasteiger partial charge on any atom is -0.458 e. The second-order valence-corrected chi connectivity index (χ2v) is 11.6. The summed E-state index contributed by atoms with van der Waals surface area (Å²) in [6, 6.07) is 7.16. The molecule has 0 spiro atoms. The zero-order valence-electron chi connectivity index (χ0n) is 26.1. The van der Waals surface area contributed by atoms with Crippen LogP contribution in [0.3, 0.4) is 0 Å². The minimum atomic E-state index is -0.643. The lowest BCUT2D eigenvalue weighted by Crippen LogP contribution is -2.45. The van der Waals surface area contributed by atoms with Crippen LogP contribution in [0.1, 0.15) is 72.4 Å². The van der Waals surface area contributed by atoms with Gasteiger partial charge in [-0.15, -0.1) is 0 Å². The molecule has 236 valence electrons. The second-order valence-electron chi connectivity index (χ2n) is 11.6. The van der Waals surface area contributed by atoms with Crippen LogP contribution in [0.5, 0.6) is 0 Å². The zero-order chi connectivity index (χ0) is 31.6. The monoisotopic (exact) mass is 592 g/mol. The molecule has 0 aliphatic carbocycles. The third-order valence-corrected chi connectivity index (χ3v) is 5.23. The largest absolute Gasteiger partial charge is 0.458 e. The highest BCUT2D eigenvalue weighted by Gasteiger charge is 2.24. The van der Waals surface area contributed by atoms with Crippen molar-refractivity contribution in [3.8, 4) is 11.8 Å². The highest BCUT2D eigenvalue weighted by atomic mass is 16.6. The summed E-state index contributed by atoms with van der Waals surface area (Å²) in [5.74, 6) is 5.15. The van der Waals surface area contributed by atoms with E-state index in [4.69, 9.17) is 34.2 Å². The van der Waals surface area contributed by atoms with Crippen LogP contribution in [0.2, 0.25) is 0 Å². The molecule has 0 unspecified atom stereocenters. The molecule has 0 saturated heterocycles. The van der Waals surface area contributed by atoms with Crippen molar-refractivity contribution >= 4 is 18.0 Å². The van der Waals surface area contributed by atoms with Crippen LogP contribution in [0.25, 0.3) is 0 Å². The van der Waals surface area contributed by atoms with Crippen LogP contribution in [-0.2, 0) is 44.6 Å². The van der Waals surface area contributed by atoms with Crippen molar-refractivity contribution in [2.75, 3.05) is 39.6 Å². The van der Waals surface area contributed by atoms with Crippen molar-refractivity contribution < 1.29 is 42.8 Å². The van der Waals surface area contributed by atoms with E-state index >= 15 is 0 Å². The zero-order valence-corrected chi connectivity index (χ0v) is 26.1. The van der Waals surface area contributed by atoms with Gasteiger partial charge in [-0.2, -0.15) is 0 Å². The summed E-state index contributed by atoms with van der Waals surface area (Å²) in [6.45, 7) is 14.5. The van der Waals surface area contributed by atoms with Crippen LogP contribution < -0.4 is 11.1 Å². The smallest absolute Gasteiger partial charge is 0.407 e. The molecule has 0 heterocycles. The maximum Gasteiger partial charge on any atom is 0.407 e. The molecule has 0 aromatic heterocycles. The van der Waals surface area contributed by atoms with E-state index in [0.717, 1.165) is 11.1 Å². The number of amides is 2. The summed E-state index contributed by atoms with van der Waals surface area (Å²) in [5, 5.41) is 2.78. The normalized spacial score (nSPS) is 12.9. The Balaban J connectivity index is 2.32. The molecule has 1 aromatic carbocycles. The number of hydrogen-bond donors (Lipinski definition) is 2. The van der Waals surface area contributed by atoms with Crippen molar-refractivity contribution in [2.45, 2.75) is 91.3 Å². The molecule has 0 aliphatic rings. The minimum absolute atomic E-state index is 0.105. The summed E-state index contributed by atoms with van der Waals surface area (Å²) in [5.41, 5.74) is 5.89. The fraction of sp³-hybridized carbons (Fsp3) is 0.645. The maximum absolute atomic E-state index is 12.2. The number of ether oxygens (including phenoxy) is 6. The maximum atomic E-state index is 12.2. The number of benzene rings is 1. The van der Waals surface area contributed by atoms with Gasteiger partial charge in [0.2, 0.25) is 5.91 Å². The van der Waals surface area contributed by atoms with Gasteiger partial charge in [0.25, 0.3) is 0 Å². The number of carbonyl (C=O) groups excluding carboxylic acids is 3. The number of nitrogens with one attached hydrogen (secondary N) is 1. The molecule has 0 radical (unpaired) electrons. The number of hydrogen-bond acceptors (Lipinski definition) is 9. The van der Waals surface area contributed by atoms with E-state index in [9.17, 15) is 14.4 Å². The Bertz CT molecular complexity index is 1020. The van der Waals surface area contributed by atoms with Gasteiger partial charge in [0, 0.05) is 12.0 Å². The van der Waals surface area contributed by atoms with Crippen molar-refractivity contribution in [2.24, 2.45) is 5.73 Å². The van der Waals surface area contributed by atoms with Crippen LogP contribution in [0.15, 0.2) is 24.3 Å². The molecule has 11 heteroatoms. The lowest BCUT2D eigenvalue weighted by Gasteiger charge is -2.27. The van der Waals surface area contributed by atoms with Crippen LogP contribution >= 0.6 is 0 Å². The first-order chi connectivity index (χ1) is 19.6. The van der Waals surface area contributed by atoms with E-state index in [1.807, 2.05) is 31.2 Å². The fourth-order valence-corrected chi connectivity index (χ4v) is 3.33. The molecular weight excluding hydrogens is 544 g/mol. The summed E-state index contributed by atoms with van der Waals surface area (Å²) >= 11 is 0. The highest BCUT2D eigenvalue weighted by molar-refractivity contribution is 5.74. The molecule has 2 atom stereocenters. The van der Waals surface area contributed by atoms with Gasteiger partial charge >= 0.3 is 12.1 Å². The first kappa shape index (κ1) is 36.9. The molecule has 0 bridgehead atoms. The van der Waals surface area contributed by atoms with Crippen LogP contribution in [0.4, 0.5) is 4.79 Å². The van der Waals surface area contributed by atoms with Crippen LogP contribution in [0, 0.1) is 11.8 Å². The van der Waals surface area contributed by atoms with Crippen molar-refractivity contribution in [1.29, 1.82) is 0 Å². The first-order valence-electron chi connectivity index (χ1n) is 14.1. The van der Waals surface area contributed by atoms with Gasteiger partial charge in [-0.3, -0.25) is 4.79 Å². The van der Waals surface area contributed by atoms with Gasteiger partial charge in [-0.1, -0.05) is 24.0 Å². The predicted molar refractivity (Wildman–Crippen MR) is 157 cm³/mol. The molecule has 2 amide bonds. The molecule has 0 aliphatic heterocycles. The Labute approximate surface area is 250 Å². The van der Waals surface area contributed by atoms with Gasteiger partial charge < -0.3 is 39.5 Å². The molecule has 1 rings (SSSR count). The second kappa shape index (κ2) is 19.1. The quantitative estimate of drug-likeness (QED) is 0.158. The number of esters is 1. The standard InChI is InChI=1S/C31H48N2O9/c1-23(26(14-15-27(32)34)33-29(36)42-31(5,6)7)40-21-25-12-10-24(11-13-25)9-8-16-37-17-18-38-19-20-39-22-28(35)41-30(2,3)4/h10-13,23,26H,14-22H2,1-7H3,(H2,32,34)(H,33,36)/t23-,26+/m1/s1. The lowest BCUT2D eigenvalue weighted by molar-refractivity contribution is -0.160. The molecule has 0 saturated carbocycles. The van der Waals surface area contributed by atoms with E-state index in [-0.39, 0.29) is 32.3 Å². The summed E-state index contributed by atoms with van der Waals surface area (Å²) < 4.78 is 32.5. The number of rotatable bonds is 17. The Kier molecular flexibility index (Phi) is 16.8. The number of primary amides is 1.